The molecule has 0 aliphatic rings. The number of ether oxygens (including phenoxy) is 1. The van der Waals surface area contributed by atoms with E-state index in [2.05, 4.69) is 10.6 Å². The molecule has 0 aliphatic heterocycles. The van der Waals surface area contributed by atoms with Gasteiger partial charge in [0.05, 0.1) is 12.2 Å². The predicted molar refractivity (Wildman–Crippen MR) is 98.8 cm³/mol. The summed E-state index contributed by atoms with van der Waals surface area (Å²) in [5, 5.41) is 5.35. The van der Waals surface area contributed by atoms with Crippen molar-refractivity contribution in [2.75, 3.05) is 18.5 Å². The Bertz CT molecular complexity index is 742. The molecule has 0 spiro atoms. The minimum atomic E-state index is -0.414. The third-order valence-electron chi connectivity index (χ3n) is 3.58. The molecule has 0 saturated carbocycles. The quantitative estimate of drug-likeness (QED) is 0.564. The molecule has 0 bridgehead atoms. The lowest BCUT2D eigenvalue weighted by Gasteiger charge is -2.07. The molecule has 2 rings (SSSR count). The summed E-state index contributed by atoms with van der Waals surface area (Å²) in [5.41, 5.74) is 2.04. The van der Waals surface area contributed by atoms with E-state index in [4.69, 9.17) is 4.74 Å². The van der Waals surface area contributed by atoms with Crippen molar-refractivity contribution in [2.24, 2.45) is 0 Å². The van der Waals surface area contributed by atoms with Crippen LogP contribution in [-0.2, 0) is 20.7 Å². The maximum absolute atomic E-state index is 11.9. The van der Waals surface area contributed by atoms with Crippen LogP contribution in [0.2, 0.25) is 0 Å². The molecular formula is C20H22N2O4. The number of anilines is 1. The molecule has 2 N–H and O–H groups in total. The Hall–Kier alpha value is -3.15. The van der Waals surface area contributed by atoms with Crippen LogP contribution in [0.4, 0.5) is 5.69 Å². The van der Waals surface area contributed by atoms with Crippen molar-refractivity contribution in [2.45, 2.75) is 19.8 Å². The average Bonchev–Trinajstić information content (AvgIpc) is 2.63. The average molecular weight is 354 g/mol. The van der Waals surface area contributed by atoms with Crippen molar-refractivity contribution < 1.29 is 19.1 Å². The third kappa shape index (κ3) is 6.39. The van der Waals surface area contributed by atoms with Gasteiger partial charge >= 0.3 is 5.97 Å². The topological polar surface area (TPSA) is 84.5 Å². The van der Waals surface area contributed by atoms with Crippen LogP contribution in [0.1, 0.15) is 29.3 Å². The Balaban J connectivity index is 1.73. The van der Waals surface area contributed by atoms with Gasteiger partial charge in [0, 0.05) is 12.2 Å². The van der Waals surface area contributed by atoms with Crippen LogP contribution >= 0.6 is 0 Å². The minimum Gasteiger partial charge on any atom is -0.462 e. The maximum Gasteiger partial charge on any atom is 0.338 e. The number of nitrogens with one attached hydrogen (secondary N) is 2. The van der Waals surface area contributed by atoms with Gasteiger partial charge in [-0.3, -0.25) is 9.59 Å². The molecule has 2 aromatic rings. The zero-order valence-corrected chi connectivity index (χ0v) is 14.7. The Kier molecular flexibility index (Phi) is 7.36. The number of carbonyl (C=O) groups excluding carboxylic acids is 3. The molecule has 0 fully saturated rings. The normalized spacial score (nSPS) is 10.0. The molecule has 0 aliphatic carbocycles. The van der Waals surface area contributed by atoms with Gasteiger partial charge in [-0.25, -0.2) is 4.79 Å². The second-order valence-corrected chi connectivity index (χ2v) is 5.61. The largest absolute Gasteiger partial charge is 0.462 e. The molecule has 0 heterocycles. The predicted octanol–water partition coefficient (Wildman–Crippen LogP) is 2.55. The van der Waals surface area contributed by atoms with Crippen molar-refractivity contribution in [3.63, 3.8) is 0 Å². The second-order valence-electron chi connectivity index (χ2n) is 5.61. The molecule has 6 nitrogen and oxygen atoms in total. The fourth-order valence-electron chi connectivity index (χ4n) is 2.31. The first-order valence-corrected chi connectivity index (χ1v) is 8.46. The smallest absolute Gasteiger partial charge is 0.338 e. The first-order chi connectivity index (χ1) is 12.6. The zero-order chi connectivity index (χ0) is 18.8. The molecule has 0 aromatic heterocycles. The van der Waals surface area contributed by atoms with Crippen LogP contribution < -0.4 is 10.6 Å². The third-order valence-corrected chi connectivity index (χ3v) is 3.58. The SMILES string of the molecule is CCOC(=O)c1ccc(NC(=O)CC(=O)NCCc2ccccc2)cc1. The van der Waals surface area contributed by atoms with Gasteiger partial charge in [-0.05, 0) is 43.2 Å². The van der Waals surface area contributed by atoms with Crippen molar-refractivity contribution in [1.82, 2.24) is 5.32 Å². The maximum atomic E-state index is 11.9. The molecule has 0 unspecified atom stereocenters. The van der Waals surface area contributed by atoms with E-state index in [-0.39, 0.29) is 12.3 Å². The highest BCUT2D eigenvalue weighted by molar-refractivity contribution is 6.03. The van der Waals surface area contributed by atoms with E-state index in [1.807, 2.05) is 30.3 Å². The molecule has 0 saturated heterocycles. The fraction of sp³-hybridized carbons (Fsp3) is 0.250. The Morgan fingerprint density at radius 1 is 0.923 bits per heavy atom. The number of hydrogen-bond acceptors (Lipinski definition) is 4. The lowest BCUT2D eigenvalue weighted by atomic mass is 10.1. The molecule has 0 atom stereocenters. The monoisotopic (exact) mass is 354 g/mol. The van der Waals surface area contributed by atoms with Crippen LogP contribution in [0.25, 0.3) is 0 Å². The summed E-state index contributed by atoms with van der Waals surface area (Å²) in [5.74, 6) is -1.16. The van der Waals surface area contributed by atoms with E-state index >= 15 is 0 Å². The molecule has 0 radical (unpaired) electrons. The van der Waals surface area contributed by atoms with Crippen LogP contribution in [0.5, 0.6) is 0 Å². The lowest BCUT2D eigenvalue weighted by Crippen LogP contribution is -2.29. The van der Waals surface area contributed by atoms with E-state index in [0.717, 1.165) is 5.56 Å². The van der Waals surface area contributed by atoms with E-state index in [0.29, 0.717) is 30.8 Å². The van der Waals surface area contributed by atoms with Gasteiger partial charge in [0.15, 0.2) is 0 Å². The number of hydrogen-bond donors (Lipinski definition) is 2. The summed E-state index contributed by atoms with van der Waals surface area (Å²) in [6.45, 7) is 2.51. The molecule has 2 aromatic carbocycles. The summed E-state index contributed by atoms with van der Waals surface area (Å²) in [6.07, 6.45) is 0.456. The molecule has 6 heteroatoms. The van der Waals surface area contributed by atoms with Crippen LogP contribution in [-0.4, -0.2) is 30.9 Å². The zero-order valence-electron chi connectivity index (χ0n) is 14.7. The van der Waals surface area contributed by atoms with E-state index in [1.54, 1.807) is 31.2 Å². The van der Waals surface area contributed by atoms with Crippen molar-refractivity contribution in [1.29, 1.82) is 0 Å². The van der Waals surface area contributed by atoms with E-state index < -0.39 is 11.9 Å². The van der Waals surface area contributed by atoms with Crippen LogP contribution in [0.3, 0.4) is 0 Å². The number of benzene rings is 2. The molecule has 136 valence electrons. The summed E-state index contributed by atoms with van der Waals surface area (Å²) in [4.78, 5) is 35.3. The summed E-state index contributed by atoms with van der Waals surface area (Å²) >= 11 is 0. The molecule has 2 amide bonds. The van der Waals surface area contributed by atoms with Crippen LogP contribution in [0.15, 0.2) is 54.6 Å². The second kappa shape index (κ2) is 9.98. The Morgan fingerprint density at radius 2 is 1.62 bits per heavy atom. The van der Waals surface area contributed by atoms with Crippen molar-refractivity contribution in [3.8, 4) is 0 Å². The Morgan fingerprint density at radius 3 is 2.27 bits per heavy atom. The fourth-order valence-corrected chi connectivity index (χ4v) is 2.31. The highest BCUT2D eigenvalue weighted by Gasteiger charge is 2.10. The van der Waals surface area contributed by atoms with Crippen molar-refractivity contribution >= 4 is 23.5 Å². The number of esters is 1. The van der Waals surface area contributed by atoms with Gasteiger partial charge in [0.25, 0.3) is 0 Å². The first kappa shape index (κ1) is 19.2. The van der Waals surface area contributed by atoms with E-state index in [9.17, 15) is 14.4 Å². The van der Waals surface area contributed by atoms with E-state index in [1.165, 1.54) is 0 Å². The highest BCUT2D eigenvalue weighted by Crippen LogP contribution is 2.11. The summed E-state index contributed by atoms with van der Waals surface area (Å²) < 4.78 is 4.89. The standard InChI is InChI=1S/C20H22N2O4/c1-2-26-20(25)16-8-10-17(11-9-16)22-19(24)14-18(23)21-13-12-15-6-4-3-5-7-15/h3-11H,2,12-14H2,1H3,(H,21,23)(H,22,24). The lowest BCUT2D eigenvalue weighted by molar-refractivity contribution is -0.126. The molecule has 26 heavy (non-hydrogen) atoms. The summed E-state index contributed by atoms with van der Waals surface area (Å²) in [7, 11) is 0. The van der Waals surface area contributed by atoms with Gasteiger partial charge in [-0.1, -0.05) is 30.3 Å². The number of rotatable bonds is 8. The molecular weight excluding hydrogens is 332 g/mol. The first-order valence-electron chi connectivity index (χ1n) is 8.46. The van der Waals surface area contributed by atoms with Gasteiger partial charge in [0.2, 0.25) is 11.8 Å². The summed E-state index contributed by atoms with van der Waals surface area (Å²) in [6, 6.07) is 16.1. The van der Waals surface area contributed by atoms with Crippen molar-refractivity contribution in [3.05, 3.63) is 65.7 Å². The van der Waals surface area contributed by atoms with Crippen LogP contribution in [0, 0.1) is 0 Å². The van der Waals surface area contributed by atoms with Gasteiger partial charge in [-0.15, -0.1) is 0 Å². The van der Waals surface area contributed by atoms with Gasteiger partial charge < -0.3 is 15.4 Å². The van der Waals surface area contributed by atoms with Gasteiger partial charge in [-0.2, -0.15) is 0 Å². The van der Waals surface area contributed by atoms with Gasteiger partial charge in [0.1, 0.15) is 6.42 Å². The Labute approximate surface area is 152 Å². The number of carbonyl (C=O) groups is 3. The minimum absolute atomic E-state index is 0.256. The number of amides is 2. The highest BCUT2D eigenvalue weighted by atomic mass is 16.5.